The van der Waals surface area contributed by atoms with E-state index in [4.69, 9.17) is 10.6 Å². The van der Waals surface area contributed by atoms with Crippen molar-refractivity contribution in [2.75, 3.05) is 85.1 Å². The van der Waals surface area contributed by atoms with Gasteiger partial charge in [-0.3, -0.25) is 48.4 Å². The number of nitrogens with two attached hydrogens (primary N) is 1. The maximum absolute atomic E-state index is 12.7. The fourth-order valence-corrected chi connectivity index (χ4v) is 4.68. The van der Waals surface area contributed by atoms with E-state index in [9.17, 15) is 39.3 Å². The Morgan fingerprint density at radius 3 is 1.48 bits per heavy atom. The topological polar surface area (TPSA) is 218 Å². The summed E-state index contributed by atoms with van der Waals surface area (Å²) in [6.07, 6.45) is 0.503. The largest absolute Gasteiger partial charge is 0.480 e. The summed E-state index contributed by atoms with van der Waals surface area (Å²) in [5.74, 6) is -3.15. The SMILES string of the molecule is CCN.Cc1ccc(CNC(=O)CN2CCN(CC(=O)O)CCN(CC(=O)O)CCN(CC(=O)O)CC2)cc1.O=CNOCc1ccccc1. The van der Waals surface area contributed by atoms with E-state index in [1.165, 1.54) is 0 Å². The monoisotopic (exact) mass is 703 g/mol. The molecule has 1 saturated heterocycles. The maximum Gasteiger partial charge on any atom is 0.317 e. The van der Waals surface area contributed by atoms with Gasteiger partial charge in [-0.2, -0.15) is 0 Å². The number of amides is 2. The molecule has 278 valence electrons. The number of hydrogen-bond donors (Lipinski definition) is 6. The highest BCUT2D eigenvalue weighted by Crippen LogP contribution is 2.04. The van der Waals surface area contributed by atoms with E-state index in [1.807, 2.05) is 73.3 Å². The summed E-state index contributed by atoms with van der Waals surface area (Å²) in [4.78, 5) is 68.2. The molecule has 0 radical (unpaired) electrons. The standard InChI is InChI=1S/C24H37N5O7.C8H9NO2.C2H7N/c1-19-2-4-20(5-3-19)14-25-21(30)15-26-6-8-27(16-22(31)32)10-12-29(18-24(35)36)13-11-28(9-7-26)17-23(33)34;10-7-9-11-6-8-4-2-1-3-5-8;1-2-3/h2-5H,6-18H2,1H3,(H,25,30)(H,31,32)(H,33,34)(H,35,36);1-5,7H,6H2,(H,9,10);2-3H2,1H3. The second-order valence-corrected chi connectivity index (χ2v) is 11.5. The van der Waals surface area contributed by atoms with E-state index < -0.39 is 17.9 Å². The number of carboxylic acids is 3. The third-order valence-corrected chi connectivity index (χ3v) is 7.20. The van der Waals surface area contributed by atoms with Gasteiger partial charge >= 0.3 is 17.9 Å². The van der Waals surface area contributed by atoms with Gasteiger partial charge in [0.25, 0.3) is 0 Å². The molecule has 1 fully saturated rings. The average Bonchev–Trinajstić information content (AvgIpc) is 3.06. The molecule has 16 nitrogen and oxygen atoms in total. The van der Waals surface area contributed by atoms with Gasteiger partial charge in [0.15, 0.2) is 0 Å². The molecule has 0 atom stereocenters. The van der Waals surface area contributed by atoms with Gasteiger partial charge in [-0.05, 0) is 24.6 Å². The van der Waals surface area contributed by atoms with Crippen LogP contribution in [0.3, 0.4) is 0 Å². The molecular weight excluding hydrogens is 650 g/mol. The Morgan fingerprint density at radius 1 is 0.700 bits per heavy atom. The van der Waals surface area contributed by atoms with Gasteiger partial charge in [-0.25, -0.2) is 5.48 Å². The summed E-state index contributed by atoms with van der Waals surface area (Å²) in [5.41, 5.74) is 10.1. The number of carboxylic acid groups (broad SMARTS) is 3. The second-order valence-electron chi connectivity index (χ2n) is 11.5. The third-order valence-electron chi connectivity index (χ3n) is 7.20. The molecule has 0 bridgehead atoms. The number of benzene rings is 2. The van der Waals surface area contributed by atoms with Crippen LogP contribution in [0, 0.1) is 6.92 Å². The number of carbonyl (C=O) groups excluding carboxylic acids is 2. The molecule has 7 N–H and O–H groups in total. The van der Waals surface area contributed by atoms with Gasteiger partial charge in [0.05, 0.1) is 32.8 Å². The molecule has 0 unspecified atom stereocenters. The van der Waals surface area contributed by atoms with Gasteiger partial charge in [0.2, 0.25) is 12.3 Å². The van der Waals surface area contributed by atoms with Crippen molar-refractivity contribution in [3.63, 3.8) is 0 Å². The summed E-state index contributed by atoms with van der Waals surface area (Å²) >= 11 is 0. The minimum Gasteiger partial charge on any atom is -0.480 e. The Labute approximate surface area is 293 Å². The van der Waals surface area contributed by atoms with Crippen LogP contribution in [-0.4, -0.2) is 150 Å². The number of nitrogens with zero attached hydrogens (tertiary/aromatic N) is 4. The number of hydroxylamine groups is 1. The average molecular weight is 704 g/mol. The van der Waals surface area contributed by atoms with Crippen LogP contribution in [0.15, 0.2) is 54.6 Å². The smallest absolute Gasteiger partial charge is 0.317 e. The van der Waals surface area contributed by atoms with Crippen LogP contribution < -0.4 is 16.5 Å². The Balaban J connectivity index is 0.000000742. The molecule has 2 aromatic rings. The van der Waals surface area contributed by atoms with Crippen LogP contribution in [0.4, 0.5) is 0 Å². The van der Waals surface area contributed by atoms with Gasteiger partial charge in [0, 0.05) is 58.9 Å². The van der Waals surface area contributed by atoms with Crippen LogP contribution >= 0.6 is 0 Å². The van der Waals surface area contributed by atoms with Crippen molar-refractivity contribution in [1.29, 1.82) is 0 Å². The first kappa shape index (κ1) is 43.6. The summed E-state index contributed by atoms with van der Waals surface area (Å²) in [6, 6.07) is 17.5. The number of rotatable bonds is 14. The molecule has 2 amide bonds. The lowest BCUT2D eigenvalue weighted by atomic mass is 10.1. The molecule has 50 heavy (non-hydrogen) atoms. The van der Waals surface area contributed by atoms with Crippen LogP contribution in [0.1, 0.15) is 23.6 Å². The van der Waals surface area contributed by atoms with Gasteiger partial charge in [0.1, 0.15) is 0 Å². The van der Waals surface area contributed by atoms with Gasteiger partial charge in [-0.15, -0.1) is 0 Å². The minimum atomic E-state index is -1.00. The molecule has 1 heterocycles. The van der Waals surface area contributed by atoms with Crippen LogP contribution in [0.5, 0.6) is 0 Å². The molecule has 1 aliphatic rings. The van der Waals surface area contributed by atoms with Crippen molar-refractivity contribution in [2.45, 2.75) is 27.0 Å². The number of aliphatic carboxylic acids is 3. The van der Waals surface area contributed by atoms with Crippen LogP contribution in [0.2, 0.25) is 0 Å². The highest BCUT2D eigenvalue weighted by atomic mass is 16.6. The van der Waals surface area contributed by atoms with Crippen molar-refractivity contribution in [3.05, 3.63) is 71.3 Å². The minimum absolute atomic E-state index is 0.0961. The van der Waals surface area contributed by atoms with Crippen LogP contribution in [-0.2, 0) is 42.0 Å². The highest BCUT2D eigenvalue weighted by molar-refractivity contribution is 5.78. The van der Waals surface area contributed by atoms with Crippen molar-refractivity contribution in [3.8, 4) is 0 Å². The Kier molecular flexibility index (Phi) is 23.0. The molecule has 1 aliphatic heterocycles. The fraction of sp³-hybridized carbons (Fsp3) is 0.500. The lowest BCUT2D eigenvalue weighted by Crippen LogP contribution is -2.49. The highest BCUT2D eigenvalue weighted by Gasteiger charge is 2.21. The summed E-state index contributed by atoms with van der Waals surface area (Å²) in [5, 5.41) is 30.7. The molecule has 0 saturated carbocycles. The normalized spacial score (nSPS) is 15.0. The zero-order chi connectivity index (χ0) is 37.1. The number of aryl methyl sites for hydroxylation is 1. The predicted octanol–water partition coefficient (Wildman–Crippen LogP) is -0.0842. The Morgan fingerprint density at radius 2 is 1.10 bits per heavy atom. The number of nitrogens with one attached hydrogen (secondary N) is 2. The van der Waals surface area contributed by atoms with E-state index in [0.717, 1.165) is 23.2 Å². The Bertz CT molecular complexity index is 1240. The zero-order valence-electron chi connectivity index (χ0n) is 29.0. The number of hydrogen-bond acceptors (Lipinski definition) is 11. The summed E-state index contributed by atoms with van der Waals surface area (Å²) in [7, 11) is 0. The predicted molar refractivity (Wildman–Crippen MR) is 187 cm³/mol. The van der Waals surface area contributed by atoms with Gasteiger partial charge < -0.3 is 26.4 Å². The summed E-state index contributed by atoms with van der Waals surface area (Å²) < 4.78 is 0. The quantitative estimate of drug-likeness (QED) is 0.0862. The molecular formula is C34H53N7O9. The Hall–Kier alpha value is -4.45. The number of carbonyl (C=O) groups is 5. The lowest BCUT2D eigenvalue weighted by molar-refractivity contribution is -0.140. The fourth-order valence-electron chi connectivity index (χ4n) is 4.68. The molecule has 0 spiro atoms. The van der Waals surface area contributed by atoms with Crippen molar-refractivity contribution in [2.24, 2.45) is 5.73 Å². The van der Waals surface area contributed by atoms with E-state index in [-0.39, 0.29) is 32.1 Å². The molecule has 0 aliphatic carbocycles. The van der Waals surface area contributed by atoms with Crippen molar-refractivity contribution >= 4 is 30.2 Å². The van der Waals surface area contributed by atoms with E-state index in [2.05, 4.69) is 10.8 Å². The second kappa shape index (κ2) is 26.4. The first-order chi connectivity index (χ1) is 23.9. The first-order valence-electron chi connectivity index (χ1n) is 16.4. The first-order valence-corrected chi connectivity index (χ1v) is 16.4. The lowest BCUT2D eigenvalue weighted by Gasteiger charge is -2.32. The third kappa shape index (κ3) is 22.2. The molecule has 16 heteroatoms. The van der Waals surface area contributed by atoms with Gasteiger partial charge in [-0.1, -0.05) is 67.1 Å². The van der Waals surface area contributed by atoms with E-state index in [0.29, 0.717) is 71.9 Å². The molecule has 2 aromatic carbocycles. The maximum atomic E-state index is 12.7. The summed E-state index contributed by atoms with van der Waals surface area (Å²) in [6.45, 7) is 7.83. The van der Waals surface area contributed by atoms with Crippen molar-refractivity contribution in [1.82, 2.24) is 30.4 Å². The van der Waals surface area contributed by atoms with E-state index in [1.54, 1.807) is 14.7 Å². The molecule has 0 aromatic heterocycles. The zero-order valence-corrected chi connectivity index (χ0v) is 29.0. The van der Waals surface area contributed by atoms with Crippen LogP contribution in [0.25, 0.3) is 0 Å². The van der Waals surface area contributed by atoms with E-state index >= 15 is 0 Å². The molecule has 3 rings (SSSR count). The van der Waals surface area contributed by atoms with Crippen molar-refractivity contribution < 1.29 is 44.1 Å².